The molecule has 2 aliphatic carbocycles. The minimum atomic E-state index is -2.48. The molecule has 10 nitrogen and oxygen atoms in total. The van der Waals surface area contributed by atoms with Crippen molar-refractivity contribution < 1.29 is 49.7 Å². The van der Waals surface area contributed by atoms with E-state index in [0.29, 0.717) is 18.8 Å². The van der Waals surface area contributed by atoms with Crippen LogP contribution in [0.1, 0.15) is 237 Å². The van der Waals surface area contributed by atoms with E-state index in [0.717, 1.165) is 38.5 Å². The zero-order valence-corrected chi connectivity index (χ0v) is 39.7. The summed E-state index contributed by atoms with van der Waals surface area (Å²) in [7, 11) is 0. The number of aliphatic hydroxyl groups is 6. The molecule has 0 radical (unpaired) electrons. The number of hydrogen-bond acceptors (Lipinski definition) is 10. The predicted octanol–water partition coefficient (Wildman–Crippen LogP) is 10.8. The SMILES string of the molecule is CCCCCCCCCCCCCCCCOC(=O)c1ccc(C2C(O)[C@@]3(O)C(c4ccc(C(=O)OCCCCCCCCCCCCCCCC)cc4)[C@@](O)([C@H](O)CO)[C@@]23O)cc1. The van der Waals surface area contributed by atoms with Gasteiger partial charge in [-0.15, -0.1) is 0 Å². The number of unbranched alkanes of at least 4 members (excludes halogenated alkanes) is 26. The van der Waals surface area contributed by atoms with Crippen LogP contribution in [0.15, 0.2) is 48.5 Å². The van der Waals surface area contributed by atoms with Crippen molar-refractivity contribution in [1.82, 2.24) is 0 Å². The molecule has 7 atom stereocenters. The molecular weight excluding hydrogens is 809 g/mol. The van der Waals surface area contributed by atoms with Gasteiger partial charge in [0.05, 0.1) is 43.0 Å². The van der Waals surface area contributed by atoms with Crippen LogP contribution < -0.4 is 0 Å². The lowest BCUT2D eigenvalue weighted by Crippen LogP contribution is -2.99. The highest BCUT2D eigenvalue weighted by Gasteiger charge is 2.93. The molecule has 0 amide bonds. The number of benzene rings is 2. The number of fused-ring (bicyclic) bond motifs is 1. The molecule has 0 spiro atoms. The van der Waals surface area contributed by atoms with Crippen molar-refractivity contribution in [1.29, 1.82) is 0 Å². The number of ether oxygens (including phenoxy) is 2. The number of rotatable bonds is 36. The summed E-state index contributed by atoms with van der Waals surface area (Å²) in [5, 5.41) is 68.4. The minimum Gasteiger partial charge on any atom is -0.462 e. The Hall–Kier alpha value is -2.86. The van der Waals surface area contributed by atoms with Crippen molar-refractivity contribution in [3.8, 4) is 0 Å². The molecule has 2 fully saturated rings. The minimum absolute atomic E-state index is 0.250. The molecule has 6 N–H and O–H groups in total. The maximum absolute atomic E-state index is 12.8. The Kier molecular flexibility index (Phi) is 23.8. The van der Waals surface area contributed by atoms with Crippen LogP contribution in [0.5, 0.6) is 0 Å². The van der Waals surface area contributed by atoms with Gasteiger partial charge in [-0.3, -0.25) is 0 Å². The van der Waals surface area contributed by atoms with Gasteiger partial charge in [-0.05, 0) is 48.2 Å². The van der Waals surface area contributed by atoms with Crippen LogP contribution in [0.25, 0.3) is 0 Å². The molecule has 2 aromatic carbocycles. The van der Waals surface area contributed by atoms with Gasteiger partial charge in [-0.25, -0.2) is 9.59 Å². The van der Waals surface area contributed by atoms with Gasteiger partial charge in [-0.1, -0.05) is 205 Å². The predicted molar refractivity (Wildman–Crippen MR) is 254 cm³/mol. The Balaban J connectivity index is 1.18. The fraction of sp³-hybridized carbons (Fsp3) is 0.741. The van der Waals surface area contributed by atoms with Crippen LogP contribution in [-0.4, -0.2) is 91.4 Å². The Labute approximate surface area is 385 Å². The third-order valence-electron chi connectivity index (χ3n) is 14.4. The summed E-state index contributed by atoms with van der Waals surface area (Å²) in [6.07, 6.45) is 31.1. The summed E-state index contributed by atoms with van der Waals surface area (Å²) in [6.45, 7) is 4.17. The molecule has 2 aromatic rings. The Bertz CT molecular complexity index is 1600. The van der Waals surface area contributed by atoms with Crippen molar-refractivity contribution in [2.75, 3.05) is 19.8 Å². The van der Waals surface area contributed by atoms with E-state index in [-0.39, 0.29) is 16.7 Å². The van der Waals surface area contributed by atoms with Crippen LogP contribution in [0, 0.1) is 0 Å². The second kappa shape index (κ2) is 28.3. The van der Waals surface area contributed by atoms with Gasteiger partial charge in [0.1, 0.15) is 22.9 Å². The first-order valence-electron chi connectivity index (χ1n) is 25.7. The number of hydrogen-bond donors (Lipinski definition) is 6. The van der Waals surface area contributed by atoms with Crippen LogP contribution in [-0.2, 0) is 9.47 Å². The fourth-order valence-corrected chi connectivity index (χ4v) is 10.5. The summed E-state index contributed by atoms with van der Waals surface area (Å²) in [4.78, 5) is 25.7. The molecule has 2 saturated carbocycles. The number of carbonyl (C=O) groups is 2. The van der Waals surface area contributed by atoms with Gasteiger partial charge < -0.3 is 40.1 Å². The lowest BCUT2D eigenvalue weighted by atomic mass is 9.30. The van der Waals surface area contributed by atoms with Crippen molar-refractivity contribution in [2.24, 2.45) is 0 Å². The molecule has 64 heavy (non-hydrogen) atoms. The summed E-state index contributed by atoms with van der Waals surface area (Å²) in [5.74, 6) is -3.68. The largest absolute Gasteiger partial charge is 0.462 e. The van der Waals surface area contributed by atoms with E-state index in [1.54, 1.807) is 0 Å². The fourth-order valence-electron chi connectivity index (χ4n) is 10.5. The maximum Gasteiger partial charge on any atom is 0.338 e. The van der Waals surface area contributed by atoms with Crippen LogP contribution in [0.4, 0.5) is 0 Å². The summed E-state index contributed by atoms with van der Waals surface area (Å²) < 4.78 is 11.0. The zero-order chi connectivity index (χ0) is 46.3. The first-order valence-corrected chi connectivity index (χ1v) is 25.7. The molecule has 0 heterocycles. The Morgan fingerprint density at radius 3 is 1.16 bits per heavy atom. The maximum atomic E-state index is 12.8. The van der Waals surface area contributed by atoms with Gasteiger partial charge in [-0.2, -0.15) is 0 Å². The van der Waals surface area contributed by atoms with E-state index in [1.165, 1.54) is 190 Å². The van der Waals surface area contributed by atoms with Crippen LogP contribution in [0.2, 0.25) is 0 Å². The van der Waals surface area contributed by atoms with Crippen LogP contribution >= 0.6 is 0 Å². The summed E-state index contributed by atoms with van der Waals surface area (Å²) in [5.41, 5.74) is -6.15. The van der Waals surface area contributed by atoms with Gasteiger partial charge in [0, 0.05) is 5.92 Å². The molecule has 0 bridgehead atoms. The molecular formula is C54H86O10. The molecule has 10 heteroatoms. The average molecular weight is 895 g/mol. The van der Waals surface area contributed by atoms with E-state index in [2.05, 4.69) is 13.8 Å². The second-order valence-electron chi connectivity index (χ2n) is 19.2. The molecule has 362 valence electrons. The van der Waals surface area contributed by atoms with E-state index < -0.39 is 59.4 Å². The molecule has 0 saturated heterocycles. The smallest absolute Gasteiger partial charge is 0.338 e. The van der Waals surface area contributed by atoms with E-state index >= 15 is 0 Å². The highest BCUT2D eigenvalue weighted by Crippen LogP contribution is 2.75. The monoisotopic (exact) mass is 895 g/mol. The van der Waals surface area contributed by atoms with Crippen molar-refractivity contribution >= 4 is 11.9 Å². The lowest BCUT2D eigenvalue weighted by molar-refractivity contribution is -0.459. The summed E-state index contributed by atoms with van der Waals surface area (Å²) >= 11 is 0. The van der Waals surface area contributed by atoms with Crippen LogP contribution in [0.3, 0.4) is 0 Å². The Morgan fingerprint density at radius 2 is 0.828 bits per heavy atom. The van der Waals surface area contributed by atoms with Gasteiger partial charge in [0.15, 0.2) is 0 Å². The van der Waals surface area contributed by atoms with Gasteiger partial charge in [0.25, 0.3) is 0 Å². The standard InChI is InChI=1S/C54H86O10/c1-3-5-7-9-11-13-15-17-19-21-23-25-27-29-39-63-50(58)44-35-31-42(32-36-44)47-49(57)53(61)48(52(60,46(56)41-55)54(47,53)62)43-33-37-45(38-34-43)51(59)64-40-30-28-26-24-22-20-18-16-14-12-10-8-6-4-2/h31-38,46-49,55-57,60-62H,3-30,39-41H2,1-2H3/t46-,47?,48?,49?,52+,53+,54+/m1/s1. The highest BCUT2D eigenvalue weighted by molar-refractivity contribution is 5.90. The molecule has 2 aliphatic rings. The first kappa shape index (κ1) is 53.8. The van der Waals surface area contributed by atoms with E-state index in [4.69, 9.17) is 9.47 Å². The van der Waals surface area contributed by atoms with Crippen molar-refractivity contribution in [3.63, 3.8) is 0 Å². The zero-order valence-electron chi connectivity index (χ0n) is 39.7. The highest BCUT2D eigenvalue weighted by atomic mass is 16.5. The second-order valence-corrected chi connectivity index (χ2v) is 19.2. The number of carbonyl (C=O) groups excluding carboxylic acids is 2. The lowest BCUT2D eigenvalue weighted by Gasteiger charge is -2.80. The quantitative estimate of drug-likeness (QED) is 0.0285. The summed E-state index contributed by atoms with van der Waals surface area (Å²) in [6, 6.07) is 12.0. The molecule has 0 aromatic heterocycles. The third kappa shape index (κ3) is 13.6. The topological polar surface area (TPSA) is 174 Å². The number of aliphatic hydroxyl groups excluding tert-OH is 3. The molecule has 3 unspecified atom stereocenters. The van der Waals surface area contributed by atoms with Crippen molar-refractivity contribution in [3.05, 3.63) is 70.8 Å². The van der Waals surface area contributed by atoms with E-state index in [1.807, 2.05) is 0 Å². The number of esters is 2. The normalized spacial score (nSPS) is 24.1. The molecule has 4 rings (SSSR count). The Morgan fingerprint density at radius 1 is 0.516 bits per heavy atom. The van der Waals surface area contributed by atoms with E-state index in [9.17, 15) is 40.2 Å². The van der Waals surface area contributed by atoms with Crippen molar-refractivity contribution in [2.45, 2.75) is 234 Å². The van der Waals surface area contributed by atoms with Gasteiger partial charge >= 0.3 is 11.9 Å². The van der Waals surface area contributed by atoms with Gasteiger partial charge in [0.2, 0.25) is 0 Å². The average Bonchev–Trinajstić information content (AvgIpc) is 3.31. The third-order valence-corrected chi connectivity index (χ3v) is 14.4. The molecule has 0 aliphatic heterocycles. The first-order chi connectivity index (χ1) is 31.0.